The van der Waals surface area contributed by atoms with Crippen LogP contribution in [0.1, 0.15) is 35.7 Å². The third-order valence-corrected chi connectivity index (χ3v) is 4.54. The summed E-state index contributed by atoms with van der Waals surface area (Å²) < 4.78 is 14.4. The van der Waals surface area contributed by atoms with Crippen molar-refractivity contribution in [2.75, 3.05) is 13.7 Å². The molecule has 0 fully saturated rings. The molecule has 1 aliphatic rings. The molecular formula is C17H18BrN5O3. The van der Waals surface area contributed by atoms with E-state index in [1.807, 2.05) is 23.6 Å². The number of hydrogen-bond donors (Lipinski definition) is 0. The van der Waals surface area contributed by atoms with E-state index in [4.69, 9.17) is 9.47 Å². The van der Waals surface area contributed by atoms with Gasteiger partial charge in [0.1, 0.15) is 10.9 Å². The van der Waals surface area contributed by atoms with Crippen LogP contribution < -0.4 is 0 Å². The lowest BCUT2D eigenvalue weighted by Crippen LogP contribution is -2.10. The van der Waals surface area contributed by atoms with Crippen LogP contribution in [-0.2, 0) is 15.9 Å². The predicted molar refractivity (Wildman–Crippen MR) is 99.1 cm³/mol. The summed E-state index contributed by atoms with van der Waals surface area (Å²) in [5, 5.41) is 8.25. The van der Waals surface area contributed by atoms with E-state index in [0.717, 1.165) is 17.1 Å². The van der Waals surface area contributed by atoms with Crippen molar-refractivity contribution in [3.8, 4) is 0 Å². The Bertz CT molecular complexity index is 923. The molecular weight excluding hydrogens is 402 g/mol. The number of carbonyl (C=O) groups is 1. The third kappa shape index (κ3) is 3.10. The lowest BCUT2D eigenvalue weighted by atomic mass is 10.2. The number of esters is 1. The lowest BCUT2D eigenvalue weighted by molar-refractivity contribution is 0.0518. The van der Waals surface area contributed by atoms with Crippen LogP contribution in [0.4, 0.5) is 0 Å². The second kappa shape index (κ2) is 7.69. The van der Waals surface area contributed by atoms with Crippen molar-refractivity contribution in [1.82, 2.24) is 24.5 Å². The first kappa shape index (κ1) is 18.1. The second-order valence-corrected chi connectivity index (χ2v) is 6.09. The van der Waals surface area contributed by atoms with Crippen molar-refractivity contribution in [3.05, 3.63) is 52.5 Å². The first-order valence-corrected chi connectivity index (χ1v) is 8.82. The Morgan fingerprint density at radius 3 is 2.88 bits per heavy atom. The standard InChI is InChI=1S/C17H18BrN5O3/c1-4-11-12(7-6-8-25-3)22-10-19-16(18)14(22)9-13-15(17(24)26-5-2)20-21-23(11)13/h4,6-8,10H,5,9H2,1-3H3/b8-6+,11-4?,12-7+. The van der Waals surface area contributed by atoms with Gasteiger partial charge in [0.2, 0.25) is 0 Å². The second-order valence-electron chi connectivity index (χ2n) is 5.34. The van der Waals surface area contributed by atoms with Gasteiger partial charge >= 0.3 is 5.97 Å². The third-order valence-electron chi connectivity index (χ3n) is 3.87. The zero-order valence-corrected chi connectivity index (χ0v) is 16.2. The molecule has 0 spiro atoms. The van der Waals surface area contributed by atoms with E-state index in [1.54, 1.807) is 37.4 Å². The fourth-order valence-corrected chi connectivity index (χ4v) is 3.19. The maximum absolute atomic E-state index is 12.3. The topological polar surface area (TPSA) is 84.1 Å². The van der Waals surface area contributed by atoms with Gasteiger partial charge in [0.15, 0.2) is 5.69 Å². The van der Waals surface area contributed by atoms with E-state index in [9.17, 15) is 4.79 Å². The molecule has 0 bridgehead atoms. The molecule has 0 saturated carbocycles. The van der Waals surface area contributed by atoms with Gasteiger partial charge < -0.3 is 9.47 Å². The smallest absolute Gasteiger partial charge is 0.360 e. The van der Waals surface area contributed by atoms with Gasteiger partial charge in [0, 0.05) is 6.42 Å². The van der Waals surface area contributed by atoms with Crippen molar-refractivity contribution in [2.24, 2.45) is 0 Å². The number of fused-ring (bicyclic) bond motifs is 2. The molecule has 26 heavy (non-hydrogen) atoms. The zero-order chi connectivity index (χ0) is 18.7. The molecule has 0 atom stereocenters. The molecule has 136 valence electrons. The zero-order valence-electron chi connectivity index (χ0n) is 14.6. The highest BCUT2D eigenvalue weighted by atomic mass is 79.9. The van der Waals surface area contributed by atoms with Crippen LogP contribution in [0.5, 0.6) is 0 Å². The number of imidazole rings is 1. The minimum atomic E-state index is -0.488. The van der Waals surface area contributed by atoms with Crippen molar-refractivity contribution in [3.63, 3.8) is 0 Å². The molecule has 2 aromatic heterocycles. The molecule has 0 saturated heterocycles. The fraction of sp³-hybridized carbons (Fsp3) is 0.294. The van der Waals surface area contributed by atoms with Crippen LogP contribution >= 0.6 is 15.9 Å². The number of methoxy groups -OCH3 is 1. The largest absolute Gasteiger partial charge is 0.504 e. The summed E-state index contributed by atoms with van der Waals surface area (Å²) >= 11 is 3.48. The van der Waals surface area contributed by atoms with Gasteiger partial charge in [-0.1, -0.05) is 11.3 Å². The summed E-state index contributed by atoms with van der Waals surface area (Å²) in [5.41, 5.74) is 3.34. The number of halogens is 1. The maximum atomic E-state index is 12.3. The first-order chi connectivity index (χ1) is 12.6. The molecule has 0 amide bonds. The Morgan fingerprint density at radius 2 is 2.19 bits per heavy atom. The molecule has 0 aliphatic carbocycles. The number of allylic oxidation sites excluding steroid dienone is 5. The number of aromatic nitrogens is 5. The molecule has 9 heteroatoms. The van der Waals surface area contributed by atoms with Gasteiger partial charge in [-0.15, -0.1) is 5.10 Å². The Balaban J connectivity index is 2.22. The number of ether oxygens (including phenoxy) is 2. The van der Waals surface area contributed by atoms with Crippen molar-refractivity contribution >= 4 is 33.3 Å². The molecule has 1 aliphatic heterocycles. The van der Waals surface area contributed by atoms with Gasteiger partial charge in [0.25, 0.3) is 0 Å². The van der Waals surface area contributed by atoms with Gasteiger partial charge in [-0.05, 0) is 41.9 Å². The number of hydrogen-bond acceptors (Lipinski definition) is 6. The van der Waals surface area contributed by atoms with Crippen LogP contribution in [0.15, 0.2) is 35.4 Å². The normalized spacial score (nSPS) is 16.6. The summed E-state index contributed by atoms with van der Waals surface area (Å²) in [6.45, 7) is 3.93. The van der Waals surface area contributed by atoms with E-state index in [0.29, 0.717) is 16.7 Å². The van der Waals surface area contributed by atoms with Crippen LogP contribution in [0.25, 0.3) is 11.4 Å². The van der Waals surface area contributed by atoms with Crippen molar-refractivity contribution < 1.29 is 14.3 Å². The quantitative estimate of drug-likeness (QED) is 0.559. The SMILES string of the molecule is CC=C1/C(=C\C=C\OC)n2cnc(Br)c2Cc2c(C(=O)OCC)nnn21. The van der Waals surface area contributed by atoms with Crippen molar-refractivity contribution in [2.45, 2.75) is 20.3 Å². The van der Waals surface area contributed by atoms with Crippen LogP contribution in [0.2, 0.25) is 0 Å². The predicted octanol–water partition coefficient (Wildman–Crippen LogP) is 2.88. The molecule has 3 heterocycles. The molecule has 0 aromatic carbocycles. The van der Waals surface area contributed by atoms with Gasteiger partial charge in [-0.3, -0.25) is 4.57 Å². The van der Waals surface area contributed by atoms with E-state index in [-0.39, 0.29) is 12.3 Å². The highest BCUT2D eigenvalue weighted by molar-refractivity contribution is 9.10. The fourth-order valence-electron chi connectivity index (χ4n) is 2.76. The van der Waals surface area contributed by atoms with Gasteiger partial charge in [-0.2, -0.15) is 0 Å². The average Bonchev–Trinajstić information content (AvgIpc) is 3.17. The summed E-state index contributed by atoms with van der Waals surface area (Å²) in [7, 11) is 1.58. The summed E-state index contributed by atoms with van der Waals surface area (Å²) in [6.07, 6.45) is 9.29. The summed E-state index contributed by atoms with van der Waals surface area (Å²) in [5.74, 6) is -0.488. The first-order valence-electron chi connectivity index (χ1n) is 8.02. The maximum Gasteiger partial charge on any atom is 0.360 e. The lowest BCUT2D eigenvalue weighted by Gasteiger charge is -2.11. The Kier molecular flexibility index (Phi) is 5.36. The monoisotopic (exact) mass is 419 g/mol. The van der Waals surface area contributed by atoms with Gasteiger partial charge in [0.05, 0.1) is 42.8 Å². The molecule has 0 N–H and O–H groups in total. The van der Waals surface area contributed by atoms with Crippen molar-refractivity contribution in [1.29, 1.82) is 0 Å². The minimum absolute atomic E-state index is 0.208. The molecule has 0 radical (unpaired) electrons. The van der Waals surface area contributed by atoms with Crippen LogP contribution in [-0.4, -0.2) is 44.2 Å². The summed E-state index contributed by atoms with van der Waals surface area (Å²) in [6, 6.07) is 0. The highest BCUT2D eigenvalue weighted by Crippen LogP contribution is 2.33. The van der Waals surface area contributed by atoms with E-state index in [2.05, 4.69) is 31.2 Å². The minimum Gasteiger partial charge on any atom is -0.504 e. The number of nitrogens with zero attached hydrogens (tertiary/aromatic N) is 5. The average molecular weight is 420 g/mol. The molecule has 0 unspecified atom stereocenters. The molecule has 3 rings (SSSR count). The number of carbonyl (C=O) groups excluding carboxylic acids is 1. The van der Waals surface area contributed by atoms with E-state index >= 15 is 0 Å². The Labute approximate surface area is 158 Å². The molecule has 8 nitrogen and oxygen atoms in total. The highest BCUT2D eigenvalue weighted by Gasteiger charge is 2.29. The number of rotatable bonds is 4. The van der Waals surface area contributed by atoms with Crippen LogP contribution in [0.3, 0.4) is 0 Å². The molecule has 2 aromatic rings. The van der Waals surface area contributed by atoms with E-state index in [1.165, 1.54) is 0 Å². The summed E-state index contributed by atoms with van der Waals surface area (Å²) in [4.78, 5) is 16.6. The van der Waals surface area contributed by atoms with Crippen LogP contribution in [0, 0.1) is 0 Å². The Morgan fingerprint density at radius 1 is 1.38 bits per heavy atom. The van der Waals surface area contributed by atoms with Gasteiger partial charge in [-0.25, -0.2) is 14.5 Å². The van der Waals surface area contributed by atoms with E-state index < -0.39 is 5.97 Å². The Hall–Kier alpha value is -2.68.